The SMILES string of the molecule is Cc1ccc2sc3ccccc3c(=O)c2c1.O=C(OOC(=O)c1ccccc1)c1ccccc1. The van der Waals surface area contributed by atoms with Gasteiger partial charge in [0.1, 0.15) is 0 Å². The number of carbonyl (C=O) groups excluding carboxylic acids is 2. The zero-order chi connectivity index (χ0) is 23.9. The van der Waals surface area contributed by atoms with E-state index >= 15 is 0 Å². The molecule has 0 bridgehead atoms. The van der Waals surface area contributed by atoms with E-state index in [2.05, 4.69) is 9.78 Å². The van der Waals surface area contributed by atoms with Gasteiger partial charge in [0.25, 0.3) is 0 Å². The van der Waals surface area contributed by atoms with Gasteiger partial charge in [-0.05, 0) is 55.5 Å². The Morgan fingerprint density at radius 1 is 0.618 bits per heavy atom. The lowest BCUT2D eigenvalue weighted by atomic mass is 10.1. The zero-order valence-electron chi connectivity index (χ0n) is 18.3. The minimum Gasteiger partial charge on any atom is -0.289 e. The predicted molar refractivity (Wildman–Crippen MR) is 134 cm³/mol. The molecule has 5 nitrogen and oxygen atoms in total. The van der Waals surface area contributed by atoms with Gasteiger partial charge in [0, 0.05) is 20.2 Å². The minimum absolute atomic E-state index is 0.146. The van der Waals surface area contributed by atoms with Crippen molar-refractivity contribution in [3.8, 4) is 0 Å². The minimum atomic E-state index is -0.708. The first kappa shape index (κ1) is 22.9. The molecule has 0 unspecified atom stereocenters. The van der Waals surface area contributed by atoms with E-state index in [0.29, 0.717) is 11.1 Å². The zero-order valence-corrected chi connectivity index (χ0v) is 19.1. The summed E-state index contributed by atoms with van der Waals surface area (Å²) in [6, 6.07) is 30.4. The molecule has 0 aliphatic rings. The van der Waals surface area contributed by atoms with Crippen molar-refractivity contribution in [2.75, 3.05) is 0 Å². The third-order valence-electron chi connectivity index (χ3n) is 4.94. The second-order valence-electron chi connectivity index (χ2n) is 7.40. The molecular weight excluding hydrogens is 448 g/mol. The van der Waals surface area contributed by atoms with Crippen LogP contribution in [0.15, 0.2) is 108 Å². The van der Waals surface area contributed by atoms with Crippen molar-refractivity contribution in [3.05, 3.63) is 130 Å². The molecule has 0 aliphatic carbocycles. The van der Waals surface area contributed by atoms with Crippen molar-refractivity contribution in [2.24, 2.45) is 0 Å². The summed E-state index contributed by atoms with van der Waals surface area (Å²) >= 11 is 1.67. The number of rotatable bonds is 2. The monoisotopic (exact) mass is 468 g/mol. The lowest BCUT2D eigenvalue weighted by molar-refractivity contribution is -0.187. The summed E-state index contributed by atoms with van der Waals surface area (Å²) in [6.45, 7) is 2.01. The lowest BCUT2D eigenvalue weighted by Crippen LogP contribution is -2.11. The Bertz CT molecular complexity index is 1460. The molecule has 5 rings (SSSR count). The fourth-order valence-corrected chi connectivity index (χ4v) is 4.29. The van der Waals surface area contributed by atoms with Crippen molar-refractivity contribution in [1.82, 2.24) is 0 Å². The van der Waals surface area contributed by atoms with Crippen LogP contribution in [0.2, 0.25) is 0 Å². The number of carbonyl (C=O) groups is 2. The highest BCUT2D eigenvalue weighted by Gasteiger charge is 2.13. The van der Waals surface area contributed by atoms with Gasteiger partial charge in [0.05, 0.1) is 11.1 Å². The van der Waals surface area contributed by atoms with Crippen LogP contribution in [-0.4, -0.2) is 11.9 Å². The van der Waals surface area contributed by atoms with E-state index in [1.165, 1.54) is 0 Å². The summed E-state index contributed by atoms with van der Waals surface area (Å²) in [5.74, 6) is -1.42. The van der Waals surface area contributed by atoms with Crippen LogP contribution in [0.4, 0.5) is 0 Å². The number of hydrogen-bond donors (Lipinski definition) is 0. The maximum Gasteiger partial charge on any atom is 0.386 e. The molecular formula is C28H20O5S. The molecule has 5 aromatic rings. The van der Waals surface area contributed by atoms with Gasteiger partial charge in [-0.3, -0.25) is 4.79 Å². The molecule has 34 heavy (non-hydrogen) atoms. The maximum atomic E-state index is 12.2. The molecule has 0 N–H and O–H groups in total. The average Bonchev–Trinajstić information content (AvgIpc) is 2.89. The first-order chi connectivity index (χ1) is 16.5. The smallest absolute Gasteiger partial charge is 0.289 e. The topological polar surface area (TPSA) is 69.7 Å². The largest absolute Gasteiger partial charge is 0.386 e. The third-order valence-corrected chi connectivity index (χ3v) is 6.10. The second-order valence-corrected chi connectivity index (χ2v) is 8.48. The summed E-state index contributed by atoms with van der Waals surface area (Å²) < 4.78 is 2.12. The number of aryl methyl sites for hydroxylation is 1. The van der Waals surface area contributed by atoms with E-state index in [0.717, 1.165) is 25.7 Å². The van der Waals surface area contributed by atoms with Gasteiger partial charge >= 0.3 is 11.9 Å². The van der Waals surface area contributed by atoms with Crippen molar-refractivity contribution in [1.29, 1.82) is 0 Å². The van der Waals surface area contributed by atoms with Crippen LogP contribution in [0, 0.1) is 6.92 Å². The highest BCUT2D eigenvalue weighted by molar-refractivity contribution is 7.24. The first-order valence-corrected chi connectivity index (χ1v) is 11.3. The van der Waals surface area contributed by atoms with Crippen LogP contribution in [0.25, 0.3) is 20.2 Å². The van der Waals surface area contributed by atoms with E-state index < -0.39 is 11.9 Å². The van der Waals surface area contributed by atoms with Gasteiger partial charge in [-0.1, -0.05) is 60.2 Å². The van der Waals surface area contributed by atoms with Crippen LogP contribution in [0.1, 0.15) is 26.3 Å². The van der Waals surface area contributed by atoms with Crippen molar-refractivity contribution in [3.63, 3.8) is 0 Å². The summed E-state index contributed by atoms with van der Waals surface area (Å²) in [5.41, 5.74) is 1.91. The van der Waals surface area contributed by atoms with Crippen molar-refractivity contribution in [2.45, 2.75) is 6.92 Å². The van der Waals surface area contributed by atoms with Gasteiger partial charge in [-0.15, -0.1) is 11.3 Å². The molecule has 0 atom stereocenters. The highest BCUT2D eigenvalue weighted by atomic mass is 32.1. The molecule has 6 heteroatoms. The normalized spacial score (nSPS) is 10.3. The predicted octanol–water partition coefficient (Wildman–Crippen LogP) is 6.34. The number of hydrogen-bond acceptors (Lipinski definition) is 6. The van der Waals surface area contributed by atoms with Crippen molar-refractivity contribution >= 4 is 43.4 Å². The van der Waals surface area contributed by atoms with Crippen LogP contribution in [0.5, 0.6) is 0 Å². The average molecular weight is 469 g/mol. The Morgan fingerprint density at radius 3 is 1.71 bits per heavy atom. The molecule has 0 amide bonds. The van der Waals surface area contributed by atoms with E-state index in [4.69, 9.17) is 0 Å². The molecule has 0 fully saturated rings. The maximum absolute atomic E-state index is 12.2. The molecule has 168 valence electrons. The van der Waals surface area contributed by atoms with Gasteiger partial charge in [0.15, 0.2) is 5.43 Å². The van der Waals surface area contributed by atoms with Crippen molar-refractivity contribution < 1.29 is 19.4 Å². The summed E-state index contributed by atoms with van der Waals surface area (Å²) in [5, 5.41) is 1.66. The Hall–Kier alpha value is -4.29. The quantitative estimate of drug-likeness (QED) is 0.172. The Balaban J connectivity index is 0.000000162. The van der Waals surface area contributed by atoms with Crippen LogP contribution in [-0.2, 0) is 9.78 Å². The van der Waals surface area contributed by atoms with E-state index in [9.17, 15) is 14.4 Å². The Labute approximate surface area is 199 Å². The Morgan fingerprint density at radius 2 is 1.12 bits per heavy atom. The molecule has 1 aromatic heterocycles. The van der Waals surface area contributed by atoms with Gasteiger partial charge in [-0.25, -0.2) is 19.4 Å². The lowest BCUT2D eigenvalue weighted by Gasteiger charge is -2.02. The first-order valence-electron chi connectivity index (χ1n) is 10.5. The summed E-state index contributed by atoms with van der Waals surface area (Å²) in [7, 11) is 0. The molecule has 0 aliphatic heterocycles. The molecule has 0 saturated carbocycles. The Kier molecular flexibility index (Phi) is 7.10. The van der Waals surface area contributed by atoms with Crippen LogP contribution in [0.3, 0.4) is 0 Å². The summed E-state index contributed by atoms with van der Waals surface area (Å²) in [6.07, 6.45) is 0. The third kappa shape index (κ3) is 5.36. The molecule has 0 radical (unpaired) electrons. The number of benzene rings is 4. The van der Waals surface area contributed by atoms with Crippen LogP contribution >= 0.6 is 11.3 Å². The van der Waals surface area contributed by atoms with E-state index in [-0.39, 0.29) is 5.43 Å². The van der Waals surface area contributed by atoms with Gasteiger partial charge < -0.3 is 0 Å². The fourth-order valence-electron chi connectivity index (χ4n) is 3.24. The molecule has 0 saturated heterocycles. The van der Waals surface area contributed by atoms with Crippen LogP contribution < -0.4 is 5.43 Å². The number of fused-ring (bicyclic) bond motifs is 2. The second kappa shape index (κ2) is 10.6. The highest BCUT2D eigenvalue weighted by Crippen LogP contribution is 2.24. The fraction of sp³-hybridized carbons (Fsp3) is 0.0357. The standard InChI is InChI=1S/C14H10O4.C14H10OS/c15-13(11-7-3-1-4-8-11)17-18-14(16)12-9-5-2-6-10-12;1-9-6-7-13-11(8-9)14(15)10-4-2-3-5-12(10)16-13/h1-10H;2-8H,1H3. The van der Waals surface area contributed by atoms with Gasteiger partial charge in [-0.2, -0.15) is 0 Å². The summed E-state index contributed by atoms with van der Waals surface area (Å²) in [4.78, 5) is 44.1. The molecule has 1 heterocycles. The van der Waals surface area contributed by atoms with E-state index in [1.807, 2.05) is 49.4 Å². The molecule has 0 spiro atoms. The van der Waals surface area contributed by atoms with Gasteiger partial charge in [0.2, 0.25) is 0 Å². The van der Waals surface area contributed by atoms with E-state index in [1.54, 1.807) is 72.0 Å². The molecule has 4 aromatic carbocycles.